The molecule has 1 amide bonds. The molecule has 4 aliphatic rings. The highest BCUT2D eigenvalue weighted by molar-refractivity contribution is 9.10. The van der Waals surface area contributed by atoms with E-state index in [4.69, 9.17) is 4.84 Å². The van der Waals surface area contributed by atoms with Crippen molar-refractivity contribution >= 4 is 37.8 Å². The summed E-state index contributed by atoms with van der Waals surface area (Å²) in [6, 6.07) is 0. The first kappa shape index (κ1) is 13.4. The van der Waals surface area contributed by atoms with Gasteiger partial charge in [-0.05, 0) is 43.4 Å². The third-order valence-electron chi connectivity index (χ3n) is 5.27. The van der Waals surface area contributed by atoms with Gasteiger partial charge in [0.1, 0.15) is 0 Å². The molecule has 0 saturated heterocycles. The Balaban J connectivity index is 1.90. The van der Waals surface area contributed by atoms with Crippen molar-refractivity contribution in [3.05, 3.63) is 0 Å². The van der Waals surface area contributed by atoms with Gasteiger partial charge in [0.05, 0.1) is 12.5 Å². The summed E-state index contributed by atoms with van der Waals surface area (Å²) >= 11 is 7.72. The molecule has 102 valence electrons. The Bertz CT molecular complexity index is 358. The molecule has 4 aliphatic carbocycles. The maximum Gasteiger partial charge on any atom is 0.252 e. The maximum absolute atomic E-state index is 12.6. The number of alkyl halides is 2. The SMILES string of the molecule is CON(C)C(=O)C12CC3CC(C1)C(Br)C(C2)C3Br. The highest BCUT2D eigenvalue weighted by Crippen LogP contribution is 2.63. The molecule has 0 aliphatic heterocycles. The van der Waals surface area contributed by atoms with Gasteiger partial charge in [-0.1, -0.05) is 31.9 Å². The fourth-order valence-electron chi connectivity index (χ4n) is 4.52. The van der Waals surface area contributed by atoms with Crippen LogP contribution in [-0.4, -0.2) is 34.8 Å². The van der Waals surface area contributed by atoms with Crippen LogP contribution in [0.25, 0.3) is 0 Å². The Morgan fingerprint density at radius 1 is 1.22 bits per heavy atom. The Morgan fingerprint density at radius 3 is 2.28 bits per heavy atom. The molecular weight excluding hydrogens is 362 g/mol. The largest absolute Gasteiger partial charge is 0.275 e. The first-order valence-electron chi connectivity index (χ1n) is 6.59. The highest BCUT2D eigenvalue weighted by Gasteiger charge is 2.61. The van der Waals surface area contributed by atoms with E-state index in [-0.39, 0.29) is 11.3 Å². The minimum atomic E-state index is -0.155. The summed E-state index contributed by atoms with van der Waals surface area (Å²) in [6.07, 6.45) is 4.32. The monoisotopic (exact) mass is 379 g/mol. The van der Waals surface area contributed by atoms with E-state index in [2.05, 4.69) is 31.9 Å². The lowest BCUT2D eigenvalue weighted by atomic mass is 9.49. The Kier molecular flexibility index (Phi) is 3.31. The molecule has 18 heavy (non-hydrogen) atoms. The van der Waals surface area contributed by atoms with Crippen LogP contribution in [0.3, 0.4) is 0 Å². The van der Waals surface area contributed by atoms with Crippen molar-refractivity contribution in [1.29, 1.82) is 0 Å². The molecule has 0 aromatic rings. The number of nitrogens with zero attached hydrogens (tertiary/aromatic N) is 1. The molecule has 0 heterocycles. The van der Waals surface area contributed by atoms with E-state index in [0.717, 1.165) is 19.3 Å². The summed E-state index contributed by atoms with van der Waals surface area (Å²) < 4.78 is 0. The molecule has 0 spiro atoms. The van der Waals surface area contributed by atoms with Crippen molar-refractivity contribution in [3.63, 3.8) is 0 Å². The van der Waals surface area contributed by atoms with Gasteiger partial charge in [-0.25, -0.2) is 5.06 Å². The molecule has 4 saturated carbocycles. The Morgan fingerprint density at radius 2 is 1.78 bits per heavy atom. The fourth-order valence-corrected chi connectivity index (χ4v) is 6.77. The predicted molar refractivity (Wildman–Crippen MR) is 76.6 cm³/mol. The fraction of sp³-hybridized carbons (Fsp3) is 0.923. The van der Waals surface area contributed by atoms with Gasteiger partial charge < -0.3 is 0 Å². The molecule has 4 bridgehead atoms. The number of hydroxylamine groups is 2. The van der Waals surface area contributed by atoms with Crippen LogP contribution in [0.5, 0.6) is 0 Å². The second-order valence-corrected chi connectivity index (χ2v) is 8.30. The number of amides is 1. The van der Waals surface area contributed by atoms with E-state index in [0.29, 0.717) is 27.4 Å². The van der Waals surface area contributed by atoms with Crippen LogP contribution >= 0.6 is 31.9 Å². The summed E-state index contributed by atoms with van der Waals surface area (Å²) in [7, 11) is 3.30. The smallest absolute Gasteiger partial charge is 0.252 e. The normalized spacial score (nSPS) is 49.4. The van der Waals surface area contributed by atoms with Crippen molar-refractivity contribution in [2.45, 2.75) is 35.3 Å². The lowest BCUT2D eigenvalue weighted by Gasteiger charge is -2.60. The van der Waals surface area contributed by atoms with Gasteiger partial charge in [-0.15, -0.1) is 0 Å². The van der Waals surface area contributed by atoms with Crippen LogP contribution in [0.2, 0.25) is 0 Å². The molecule has 4 fully saturated rings. The first-order valence-corrected chi connectivity index (χ1v) is 8.42. The molecule has 0 N–H and O–H groups in total. The average Bonchev–Trinajstić information content (AvgIpc) is 2.38. The summed E-state index contributed by atoms with van der Waals surface area (Å²) in [5.74, 6) is 2.09. The number of hydrogen-bond donors (Lipinski definition) is 0. The molecular formula is C13H19Br2NO2. The van der Waals surface area contributed by atoms with E-state index in [9.17, 15) is 4.79 Å². The zero-order valence-electron chi connectivity index (χ0n) is 10.7. The van der Waals surface area contributed by atoms with Crippen molar-refractivity contribution in [1.82, 2.24) is 5.06 Å². The third kappa shape index (κ3) is 1.73. The van der Waals surface area contributed by atoms with Gasteiger partial charge in [0.2, 0.25) is 0 Å². The van der Waals surface area contributed by atoms with Crippen LogP contribution in [0.4, 0.5) is 0 Å². The van der Waals surface area contributed by atoms with E-state index in [1.54, 1.807) is 14.2 Å². The molecule has 4 rings (SSSR count). The molecule has 0 radical (unpaired) electrons. The van der Waals surface area contributed by atoms with Gasteiger partial charge in [0.25, 0.3) is 5.91 Å². The van der Waals surface area contributed by atoms with Gasteiger partial charge in [-0.2, -0.15) is 0 Å². The minimum Gasteiger partial charge on any atom is -0.275 e. The van der Waals surface area contributed by atoms with E-state index >= 15 is 0 Å². The summed E-state index contributed by atoms with van der Waals surface area (Å²) in [6.45, 7) is 0. The Hall–Kier alpha value is 0.390. The maximum atomic E-state index is 12.6. The average molecular weight is 381 g/mol. The lowest BCUT2D eigenvalue weighted by molar-refractivity contribution is -0.192. The molecule has 4 atom stereocenters. The molecule has 3 nitrogen and oxygen atoms in total. The molecule has 4 unspecified atom stereocenters. The summed E-state index contributed by atoms with van der Waals surface area (Å²) in [5.41, 5.74) is -0.155. The standard InChI is InChI=1S/C13H19Br2NO2/c1-16(18-2)12(17)13-4-7-3-8(5-13)11(15)9(6-13)10(7)14/h7-11H,3-6H2,1-2H3. The lowest BCUT2D eigenvalue weighted by Crippen LogP contribution is -2.61. The molecule has 5 heteroatoms. The van der Waals surface area contributed by atoms with Crippen molar-refractivity contribution in [2.75, 3.05) is 14.2 Å². The third-order valence-corrected chi connectivity index (χ3v) is 8.12. The van der Waals surface area contributed by atoms with Crippen molar-refractivity contribution in [3.8, 4) is 0 Å². The van der Waals surface area contributed by atoms with Gasteiger partial charge >= 0.3 is 0 Å². The zero-order valence-corrected chi connectivity index (χ0v) is 13.9. The molecule has 0 aromatic carbocycles. The number of carbonyl (C=O) groups excluding carboxylic acids is 1. The van der Waals surface area contributed by atoms with E-state index in [1.807, 2.05) is 0 Å². The summed E-state index contributed by atoms with van der Waals surface area (Å²) in [4.78, 5) is 18.9. The van der Waals surface area contributed by atoms with Crippen LogP contribution in [0.15, 0.2) is 0 Å². The number of halogens is 2. The number of hydrogen-bond acceptors (Lipinski definition) is 2. The van der Waals surface area contributed by atoms with E-state index in [1.165, 1.54) is 11.5 Å². The topological polar surface area (TPSA) is 29.5 Å². The number of rotatable bonds is 2. The predicted octanol–water partition coefficient (Wildman–Crippen LogP) is 2.97. The van der Waals surface area contributed by atoms with Gasteiger partial charge in [0, 0.05) is 16.7 Å². The van der Waals surface area contributed by atoms with Gasteiger partial charge in [-0.3, -0.25) is 9.63 Å². The second kappa shape index (κ2) is 4.45. The van der Waals surface area contributed by atoms with Crippen LogP contribution in [-0.2, 0) is 9.63 Å². The van der Waals surface area contributed by atoms with Gasteiger partial charge in [0.15, 0.2) is 0 Å². The van der Waals surface area contributed by atoms with Crippen LogP contribution < -0.4 is 0 Å². The van der Waals surface area contributed by atoms with Crippen molar-refractivity contribution in [2.24, 2.45) is 23.2 Å². The Labute approximate surface area is 125 Å². The van der Waals surface area contributed by atoms with E-state index < -0.39 is 0 Å². The molecule has 0 aromatic heterocycles. The van der Waals surface area contributed by atoms with Crippen molar-refractivity contribution < 1.29 is 9.63 Å². The zero-order chi connectivity index (χ0) is 13.1. The first-order chi connectivity index (χ1) is 8.48. The highest BCUT2D eigenvalue weighted by atomic mass is 79.9. The minimum absolute atomic E-state index is 0.155. The number of carbonyl (C=O) groups is 1. The van der Waals surface area contributed by atoms with Crippen LogP contribution in [0, 0.1) is 23.2 Å². The quantitative estimate of drug-likeness (QED) is 0.544. The second-order valence-electron chi connectivity index (χ2n) is 6.19. The summed E-state index contributed by atoms with van der Waals surface area (Å²) in [5, 5.41) is 1.43. The van der Waals surface area contributed by atoms with Crippen LogP contribution in [0.1, 0.15) is 25.7 Å².